The van der Waals surface area contributed by atoms with Crippen molar-refractivity contribution in [1.82, 2.24) is 0 Å². The number of rotatable bonds is 8. The van der Waals surface area contributed by atoms with Crippen molar-refractivity contribution in [2.45, 2.75) is 65.2 Å². The van der Waals surface area contributed by atoms with Crippen molar-refractivity contribution < 1.29 is 13.2 Å². The van der Waals surface area contributed by atoms with Gasteiger partial charge in [-0.05, 0) is 73.9 Å². The molecule has 0 bridgehead atoms. The molecular weight excluding hydrogens is 441 g/mol. The van der Waals surface area contributed by atoms with Gasteiger partial charge >= 0.3 is 0 Å². The van der Waals surface area contributed by atoms with Crippen LogP contribution in [0, 0.1) is 29.3 Å². The van der Waals surface area contributed by atoms with Gasteiger partial charge in [0.1, 0.15) is 5.82 Å². The van der Waals surface area contributed by atoms with E-state index in [2.05, 4.69) is 19.1 Å². The van der Waals surface area contributed by atoms with Gasteiger partial charge in [0.15, 0.2) is 11.6 Å². The highest BCUT2D eigenvalue weighted by Crippen LogP contribution is 2.35. The highest BCUT2D eigenvalue weighted by molar-refractivity contribution is 5.90. The van der Waals surface area contributed by atoms with Crippen LogP contribution in [0.5, 0.6) is 0 Å². The van der Waals surface area contributed by atoms with Gasteiger partial charge in [-0.25, -0.2) is 13.2 Å². The number of fused-ring (bicyclic) bond motifs is 1. The topological polar surface area (TPSA) is 0 Å². The van der Waals surface area contributed by atoms with Crippen molar-refractivity contribution in [2.75, 3.05) is 0 Å². The van der Waals surface area contributed by atoms with Crippen molar-refractivity contribution in [1.29, 1.82) is 0 Å². The molecule has 1 aliphatic carbocycles. The monoisotopic (exact) mass is 476 g/mol. The quantitative estimate of drug-likeness (QED) is 0.284. The highest BCUT2D eigenvalue weighted by Gasteiger charge is 2.21. The van der Waals surface area contributed by atoms with Gasteiger partial charge in [0.2, 0.25) is 0 Å². The summed E-state index contributed by atoms with van der Waals surface area (Å²) in [6, 6.07) is 12.5. The second kappa shape index (κ2) is 11.7. The molecule has 35 heavy (non-hydrogen) atoms. The van der Waals surface area contributed by atoms with Crippen molar-refractivity contribution >= 4 is 16.8 Å². The van der Waals surface area contributed by atoms with Crippen LogP contribution in [0.2, 0.25) is 0 Å². The Labute approximate surface area is 207 Å². The molecule has 3 heteroatoms. The summed E-state index contributed by atoms with van der Waals surface area (Å²) in [5.74, 6) is -1.21. The number of allylic oxidation sites excluding steroid dienone is 3. The minimum absolute atomic E-state index is 0.163. The number of hydrogen-bond acceptors (Lipinski definition) is 0. The summed E-state index contributed by atoms with van der Waals surface area (Å²) in [6.07, 6.45) is 17.6. The Bertz CT molecular complexity index is 1200. The van der Waals surface area contributed by atoms with E-state index in [-0.39, 0.29) is 16.5 Å². The van der Waals surface area contributed by atoms with Gasteiger partial charge in [0.05, 0.1) is 5.39 Å². The third kappa shape index (κ3) is 5.89. The molecule has 3 aromatic carbocycles. The molecule has 184 valence electrons. The van der Waals surface area contributed by atoms with Crippen molar-refractivity contribution in [3.05, 3.63) is 89.3 Å². The molecule has 4 rings (SSSR count). The summed E-state index contributed by atoms with van der Waals surface area (Å²) >= 11 is 0. The average molecular weight is 477 g/mol. The SMILES string of the molecule is C/C=C/CCC1CCC(CCc2ccc(-c3cc4ccc(/C=C/C)c(F)c4c(F)c3F)cc2)CC1. The fourth-order valence-electron chi connectivity index (χ4n) is 5.44. The van der Waals surface area contributed by atoms with Crippen molar-refractivity contribution in [3.8, 4) is 11.1 Å². The van der Waals surface area contributed by atoms with Gasteiger partial charge in [0, 0.05) is 11.1 Å². The molecule has 0 unspecified atom stereocenters. The Morgan fingerprint density at radius 1 is 0.771 bits per heavy atom. The molecular formula is C32H35F3. The van der Waals surface area contributed by atoms with E-state index >= 15 is 0 Å². The van der Waals surface area contributed by atoms with Gasteiger partial charge in [-0.3, -0.25) is 0 Å². The van der Waals surface area contributed by atoms with E-state index in [0.717, 1.165) is 18.3 Å². The lowest BCUT2D eigenvalue weighted by Crippen LogP contribution is -2.15. The zero-order valence-corrected chi connectivity index (χ0v) is 20.8. The van der Waals surface area contributed by atoms with Crippen LogP contribution in [-0.4, -0.2) is 0 Å². The molecule has 0 radical (unpaired) electrons. The van der Waals surface area contributed by atoms with Crippen LogP contribution in [-0.2, 0) is 6.42 Å². The molecule has 0 N–H and O–H groups in total. The minimum atomic E-state index is -1.13. The Morgan fingerprint density at radius 3 is 2.11 bits per heavy atom. The van der Waals surface area contributed by atoms with Crippen molar-refractivity contribution in [2.24, 2.45) is 11.8 Å². The zero-order chi connectivity index (χ0) is 24.8. The van der Waals surface area contributed by atoms with Gasteiger partial charge in [-0.1, -0.05) is 86.4 Å². The van der Waals surface area contributed by atoms with Gasteiger partial charge in [-0.2, -0.15) is 0 Å². The number of halogens is 3. The summed E-state index contributed by atoms with van der Waals surface area (Å²) < 4.78 is 44.6. The Balaban J connectivity index is 1.42. The average Bonchev–Trinajstić information content (AvgIpc) is 2.88. The van der Waals surface area contributed by atoms with E-state index in [1.807, 2.05) is 24.3 Å². The van der Waals surface area contributed by atoms with Crippen LogP contribution in [0.1, 0.15) is 69.9 Å². The van der Waals surface area contributed by atoms with Crippen molar-refractivity contribution in [3.63, 3.8) is 0 Å². The molecule has 0 heterocycles. The normalized spacial score (nSPS) is 18.8. The molecule has 0 spiro atoms. The fraction of sp³-hybridized carbons (Fsp3) is 0.375. The predicted molar refractivity (Wildman–Crippen MR) is 142 cm³/mol. The van der Waals surface area contributed by atoms with E-state index < -0.39 is 17.5 Å². The van der Waals surface area contributed by atoms with Gasteiger partial charge < -0.3 is 0 Å². The summed E-state index contributed by atoms with van der Waals surface area (Å²) in [5, 5.41) is 0.0602. The standard InChI is InChI=1S/C32H35F3/c1-3-5-6-8-22-9-11-23(12-10-22)13-14-24-15-17-25(18-16-24)28-21-27-20-19-26(7-4-2)30(33)29(27)32(35)31(28)34/h3-5,7,15-23H,6,8-14H2,1-2H3/b5-3+,7-4+. The first-order valence-electron chi connectivity index (χ1n) is 12.9. The molecule has 0 aliphatic heterocycles. The third-order valence-corrected chi connectivity index (χ3v) is 7.55. The van der Waals surface area contributed by atoms with E-state index in [9.17, 15) is 13.2 Å². The predicted octanol–water partition coefficient (Wildman–Crippen LogP) is 10.1. The fourth-order valence-corrected chi connectivity index (χ4v) is 5.44. The second-order valence-corrected chi connectivity index (χ2v) is 9.89. The first kappa shape index (κ1) is 25.3. The van der Waals surface area contributed by atoms with Crippen LogP contribution in [0.4, 0.5) is 13.2 Å². The van der Waals surface area contributed by atoms with Crippen LogP contribution in [0.3, 0.4) is 0 Å². The Hall–Kier alpha value is -2.81. The molecule has 3 aromatic rings. The van der Waals surface area contributed by atoms with E-state index in [1.165, 1.54) is 50.5 Å². The Kier molecular flexibility index (Phi) is 8.49. The maximum absolute atomic E-state index is 15.0. The first-order chi connectivity index (χ1) is 17.0. The molecule has 0 saturated heterocycles. The zero-order valence-electron chi connectivity index (χ0n) is 20.8. The van der Waals surface area contributed by atoms with Gasteiger partial charge in [-0.15, -0.1) is 0 Å². The number of aryl methyl sites for hydroxylation is 1. The lowest BCUT2D eigenvalue weighted by atomic mass is 9.78. The maximum Gasteiger partial charge on any atom is 0.170 e. The smallest absolute Gasteiger partial charge is 0.170 e. The molecule has 0 atom stereocenters. The molecule has 1 saturated carbocycles. The van der Waals surface area contributed by atoms with Crippen LogP contribution >= 0.6 is 0 Å². The molecule has 0 aromatic heterocycles. The lowest BCUT2D eigenvalue weighted by molar-refractivity contribution is 0.254. The molecule has 0 amide bonds. The molecule has 1 aliphatic rings. The van der Waals surface area contributed by atoms with E-state index in [4.69, 9.17) is 0 Å². The molecule has 0 nitrogen and oxygen atoms in total. The summed E-state index contributed by atoms with van der Waals surface area (Å²) in [7, 11) is 0. The lowest BCUT2D eigenvalue weighted by Gasteiger charge is -2.28. The maximum atomic E-state index is 15.0. The van der Waals surface area contributed by atoms with Crippen LogP contribution in [0.25, 0.3) is 28.0 Å². The summed E-state index contributed by atoms with van der Waals surface area (Å²) in [4.78, 5) is 0. The largest absolute Gasteiger partial charge is 0.206 e. The number of benzene rings is 3. The highest BCUT2D eigenvalue weighted by atomic mass is 19.2. The minimum Gasteiger partial charge on any atom is -0.206 e. The van der Waals surface area contributed by atoms with E-state index in [1.54, 1.807) is 37.3 Å². The second-order valence-electron chi connectivity index (χ2n) is 9.89. The summed E-state index contributed by atoms with van der Waals surface area (Å²) in [6.45, 7) is 3.84. The van der Waals surface area contributed by atoms with Gasteiger partial charge in [0.25, 0.3) is 0 Å². The Morgan fingerprint density at radius 2 is 1.46 bits per heavy atom. The van der Waals surface area contributed by atoms with Crippen LogP contribution in [0.15, 0.2) is 60.7 Å². The molecule has 1 fully saturated rings. The first-order valence-corrected chi connectivity index (χ1v) is 12.9. The number of hydrogen-bond donors (Lipinski definition) is 0. The summed E-state index contributed by atoms with van der Waals surface area (Å²) in [5.41, 5.74) is 2.23. The third-order valence-electron chi connectivity index (χ3n) is 7.55. The van der Waals surface area contributed by atoms with E-state index in [0.29, 0.717) is 10.9 Å². The van der Waals surface area contributed by atoms with Crippen LogP contribution < -0.4 is 0 Å².